The van der Waals surface area contributed by atoms with Crippen LogP contribution in [0.3, 0.4) is 0 Å². The van der Waals surface area contributed by atoms with Crippen LogP contribution >= 0.6 is 11.3 Å². The third kappa shape index (κ3) is 3.66. The van der Waals surface area contributed by atoms with Crippen LogP contribution in [0.25, 0.3) is 4.96 Å². The molecule has 4 rings (SSSR count). The van der Waals surface area contributed by atoms with Gasteiger partial charge in [-0.2, -0.15) is 0 Å². The molecule has 3 heterocycles. The van der Waals surface area contributed by atoms with E-state index in [0.717, 1.165) is 16.4 Å². The topological polar surface area (TPSA) is 67.2 Å². The first-order valence-corrected chi connectivity index (χ1v) is 9.64. The molecule has 0 radical (unpaired) electrons. The predicted octanol–water partition coefficient (Wildman–Crippen LogP) is 1.93. The molecule has 0 saturated carbocycles. The summed E-state index contributed by atoms with van der Waals surface area (Å²) in [6, 6.07) is 7.09. The van der Waals surface area contributed by atoms with Gasteiger partial charge in [0.2, 0.25) is 5.91 Å². The van der Waals surface area contributed by atoms with E-state index in [-0.39, 0.29) is 11.8 Å². The number of piperazine rings is 1. The quantitative estimate of drug-likeness (QED) is 0.689. The van der Waals surface area contributed by atoms with Crippen LogP contribution < -0.4 is 4.74 Å². The number of thiazole rings is 1. The van der Waals surface area contributed by atoms with Crippen molar-refractivity contribution in [3.8, 4) is 5.75 Å². The molecule has 0 spiro atoms. The fraction of sp³-hybridized carbons (Fsp3) is 0.316. The van der Waals surface area contributed by atoms with Gasteiger partial charge in [-0.1, -0.05) is 0 Å². The molecule has 1 saturated heterocycles. The number of hydrogen-bond donors (Lipinski definition) is 0. The lowest BCUT2D eigenvalue weighted by Crippen LogP contribution is -2.51. The number of rotatable bonds is 4. The van der Waals surface area contributed by atoms with E-state index in [1.165, 1.54) is 0 Å². The molecule has 8 heteroatoms. The van der Waals surface area contributed by atoms with E-state index in [1.807, 2.05) is 27.1 Å². The number of benzene rings is 1. The summed E-state index contributed by atoms with van der Waals surface area (Å²) in [5.74, 6) is 0.762. The SMILES string of the molecule is COc1ccc(C(=O)N2CCN(C(=O)Cc3cn4ccsc4n3)CC2)cc1. The first-order chi connectivity index (χ1) is 13.1. The van der Waals surface area contributed by atoms with Crippen molar-refractivity contribution in [1.82, 2.24) is 19.2 Å². The van der Waals surface area contributed by atoms with Gasteiger partial charge >= 0.3 is 0 Å². The zero-order chi connectivity index (χ0) is 18.8. The summed E-state index contributed by atoms with van der Waals surface area (Å²) in [4.78, 5) is 34.1. The van der Waals surface area contributed by atoms with Crippen molar-refractivity contribution in [3.05, 3.63) is 53.3 Å². The van der Waals surface area contributed by atoms with Crippen LogP contribution in [0, 0.1) is 0 Å². The third-order valence-electron chi connectivity index (χ3n) is 4.73. The maximum atomic E-state index is 12.6. The second-order valence-electron chi connectivity index (χ2n) is 6.40. The Morgan fingerprint density at radius 2 is 1.81 bits per heavy atom. The van der Waals surface area contributed by atoms with Crippen molar-refractivity contribution >= 4 is 28.1 Å². The average Bonchev–Trinajstić information content (AvgIpc) is 3.29. The molecule has 27 heavy (non-hydrogen) atoms. The van der Waals surface area contributed by atoms with Gasteiger partial charge in [0.25, 0.3) is 5.91 Å². The van der Waals surface area contributed by atoms with E-state index in [0.29, 0.717) is 38.2 Å². The molecule has 1 aliphatic rings. The summed E-state index contributed by atoms with van der Waals surface area (Å²) in [7, 11) is 1.60. The number of ether oxygens (including phenoxy) is 1. The molecule has 0 bridgehead atoms. The van der Waals surface area contributed by atoms with E-state index in [1.54, 1.807) is 47.6 Å². The summed E-state index contributed by atoms with van der Waals surface area (Å²) in [5, 5.41) is 1.97. The van der Waals surface area contributed by atoms with Gasteiger partial charge in [-0.3, -0.25) is 14.0 Å². The lowest BCUT2D eigenvalue weighted by Gasteiger charge is -2.34. The Morgan fingerprint density at radius 1 is 1.11 bits per heavy atom. The largest absolute Gasteiger partial charge is 0.497 e. The summed E-state index contributed by atoms with van der Waals surface area (Å²) in [6.07, 6.45) is 4.12. The monoisotopic (exact) mass is 384 g/mol. The highest BCUT2D eigenvalue weighted by molar-refractivity contribution is 7.15. The number of nitrogens with zero attached hydrogens (tertiary/aromatic N) is 4. The first-order valence-electron chi connectivity index (χ1n) is 8.76. The minimum atomic E-state index is -0.0147. The molecule has 0 N–H and O–H groups in total. The van der Waals surface area contributed by atoms with Gasteiger partial charge in [-0.15, -0.1) is 11.3 Å². The van der Waals surface area contributed by atoms with Gasteiger partial charge in [0.05, 0.1) is 19.2 Å². The smallest absolute Gasteiger partial charge is 0.253 e. The van der Waals surface area contributed by atoms with E-state index in [4.69, 9.17) is 4.74 Å². The van der Waals surface area contributed by atoms with Gasteiger partial charge < -0.3 is 14.5 Å². The average molecular weight is 384 g/mol. The van der Waals surface area contributed by atoms with Crippen LogP contribution in [0.15, 0.2) is 42.0 Å². The Balaban J connectivity index is 1.32. The molecule has 0 aliphatic carbocycles. The maximum Gasteiger partial charge on any atom is 0.253 e. The Labute approximate surface area is 160 Å². The molecule has 1 aliphatic heterocycles. The zero-order valence-corrected chi connectivity index (χ0v) is 15.8. The Hall–Kier alpha value is -2.87. The van der Waals surface area contributed by atoms with E-state index >= 15 is 0 Å². The van der Waals surface area contributed by atoms with Crippen LogP contribution in [0.1, 0.15) is 16.1 Å². The highest BCUT2D eigenvalue weighted by atomic mass is 32.1. The van der Waals surface area contributed by atoms with E-state index in [9.17, 15) is 9.59 Å². The molecule has 0 unspecified atom stereocenters. The van der Waals surface area contributed by atoms with Gasteiger partial charge in [0.15, 0.2) is 4.96 Å². The number of fused-ring (bicyclic) bond motifs is 1. The van der Waals surface area contributed by atoms with Gasteiger partial charge in [0.1, 0.15) is 5.75 Å². The summed E-state index contributed by atoms with van der Waals surface area (Å²) in [6.45, 7) is 2.16. The fourth-order valence-electron chi connectivity index (χ4n) is 3.20. The molecular weight excluding hydrogens is 364 g/mol. The molecule has 0 atom stereocenters. The molecule has 2 aromatic heterocycles. The van der Waals surface area contributed by atoms with Gasteiger partial charge in [-0.25, -0.2) is 4.98 Å². The Kier molecular flexibility index (Phi) is 4.81. The highest BCUT2D eigenvalue weighted by Gasteiger charge is 2.25. The Bertz CT molecular complexity index is 926. The number of aromatic nitrogens is 2. The number of amides is 2. The zero-order valence-electron chi connectivity index (χ0n) is 15.0. The number of methoxy groups -OCH3 is 1. The number of imidazole rings is 1. The molecule has 140 valence electrons. The van der Waals surface area contributed by atoms with E-state index in [2.05, 4.69) is 4.98 Å². The lowest BCUT2D eigenvalue weighted by molar-refractivity contribution is -0.132. The number of hydrogen-bond acceptors (Lipinski definition) is 5. The van der Waals surface area contributed by atoms with Crippen LogP contribution in [0.2, 0.25) is 0 Å². The van der Waals surface area contributed by atoms with Crippen molar-refractivity contribution < 1.29 is 14.3 Å². The van der Waals surface area contributed by atoms with E-state index < -0.39 is 0 Å². The fourth-order valence-corrected chi connectivity index (χ4v) is 3.92. The summed E-state index contributed by atoms with van der Waals surface area (Å²) in [5.41, 5.74) is 1.41. The van der Waals surface area contributed by atoms with Crippen LogP contribution in [-0.2, 0) is 11.2 Å². The minimum Gasteiger partial charge on any atom is -0.497 e. The maximum absolute atomic E-state index is 12.6. The normalized spacial score (nSPS) is 14.6. The van der Waals surface area contributed by atoms with Crippen LogP contribution in [0.5, 0.6) is 5.75 Å². The van der Waals surface area contributed by atoms with Gasteiger partial charge in [-0.05, 0) is 24.3 Å². The molecular formula is C19H20N4O3S. The molecule has 3 aromatic rings. The minimum absolute atomic E-state index is 0.0147. The molecule has 2 amide bonds. The third-order valence-corrected chi connectivity index (χ3v) is 5.50. The number of carbonyl (C=O) groups is 2. The van der Waals surface area contributed by atoms with Crippen molar-refractivity contribution in [2.75, 3.05) is 33.3 Å². The molecule has 7 nitrogen and oxygen atoms in total. The van der Waals surface area contributed by atoms with Crippen molar-refractivity contribution in [3.63, 3.8) is 0 Å². The van der Waals surface area contributed by atoms with Crippen LogP contribution in [0.4, 0.5) is 0 Å². The van der Waals surface area contributed by atoms with Gasteiger partial charge in [0, 0.05) is 49.5 Å². The first kappa shape index (κ1) is 17.5. The molecule has 1 fully saturated rings. The van der Waals surface area contributed by atoms with Crippen LogP contribution in [-0.4, -0.2) is 64.3 Å². The van der Waals surface area contributed by atoms with Crippen molar-refractivity contribution in [1.29, 1.82) is 0 Å². The number of carbonyl (C=O) groups excluding carboxylic acids is 2. The second-order valence-corrected chi connectivity index (χ2v) is 7.28. The summed E-state index contributed by atoms with van der Waals surface area (Å²) >= 11 is 1.55. The van der Waals surface area contributed by atoms with Crippen molar-refractivity contribution in [2.45, 2.75) is 6.42 Å². The highest BCUT2D eigenvalue weighted by Crippen LogP contribution is 2.16. The second kappa shape index (κ2) is 7.40. The lowest BCUT2D eigenvalue weighted by atomic mass is 10.1. The van der Waals surface area contributed by atoms with Crippen molar-refractivity contribution in [2.24, 2.45) is 0 Å². The predicted molar refractivity (Wildman–Crippen MR) is 102 cm³/mol. The summed E-state index contributed by atoms with van der Waals surface area (Å²) < 4.78 is 7.05. The molecule has 1 aromatic carbocycles. The Morgan fingerprint density at radius 3 is 2.48 bits per heavy atom. The standard InChI is InChI=1S/C19H20N4O3S/c1-26-16-4-2-14(3-5-16)18(25)22-8-6-21(7-9-22)17(24)12-15-13-23-10-11-27-19(23)20-15/h2-5,10-11,13H,6-9,12H2,1H3.